The Morgan fingerprint density at radius 1 is 1.08 bits per heavy atom. The molecule has 0 unspecified atom stereocenters. The van der Waals surface area contributed by atoms with Gasteiger partial charge in [-0.3, -0.25) is 4.79 Å². The van der Waals surface area contributed by atoms with Gasteiger partial charge in [-0.25, -0.2) is 8.42 Å². The molecule has 24 heavy (non-hydrogen) atoms. The average molecular weight is 347 g/mol. The lowest BCUT2D eigenvalue weighted by atomic mass is 10.2. The van der Waals surface area contributed by atoms with Crippen LogP contribution < -0.4 is 10.1 Å². The van der Waals surface area contributed by atoms with Crippen LogP contribution in [0.1, 0.15) is 30.1 Å². The Balaban J connectivity index is 2.11. The highest BCUT2D eigenvalue weighted by Gasteiger charge is 2.15. The van der Waals surface area contributed by atoms with Crippen LogP contribution in [0.5, 0.6) is 5.75 Å². The Labute approximate surface area is 142 Å². The van der Waals surface area contributed by atoms with Gasteiger partial charge in [-0.2, -0.15) is 0 Å². The highest BCUT2D eigenvalue weighted by molar-refractivity contribution is 7.90. The summed E-state index contributed by atoms with van der Waals surface area (Å²) in [5.74, 6) is 0.336. The van der Waals surface area contributed by atoms with E-state index in [1.165, 1.54) is 6.07 Å². The summed E-state index contributed by atoms with van der Waals surface area (Å²) in [7, 11) is -3.42. The molecule has 0 aromatic heterocycles. The summed E-state index contributed by atoms with van der Waals surface area (Å²) in [5.41, 5.74) is 0.703. The SMILES string of the molecule is CCCCOc1ccc(C(=O)Nc2ccccc2S(C)(=O)=O)cc1. The van der Waals surface area contributed by atoms with Crippen molar-refractivity contribution in [3.05, 3.63) is 54.1 Å². The fraction of sp³-hybridized carbons (Fsp3) is 0.278. The van der Waals surface area contributed by atoms with Gasteiger partial charge in [0.2, 0.25) is 0 Å². The van der Waals surface area contributed by atoms with E-state index in [1.807, 2.05) is 0 Å². The molecule has 0 spiro atoms. The number of hydrogen-bond acceptors (Lipinski definition) is 4. The summed E-state index contributed by atoms with van der Waals surface area (Å²) in [6, 6.07) is 13.1. The number of para-hydroxylation sites is 1. The lowest BCUT2D eigenvalue weighted by Crippen LogP contribution is -2.14. The van der Waals surface area contributed by atoms with Gasteiger partial charge in [-0.1, -0.05) is 25.5 Å². The van der Waals surface area contributed by atoms with Gasteiger partial charge in [0.05, 0.1) is 17.2 Å². The molecule has 2 rings (SSSR count). The highest BCUT2D eigenvalue weighted by atomic mass is 32.2. The number of anilines is 1. The van der Waals surface area contributed by atoms with E-state index >= 15 is 0 Å². The molecule has 2 aromatic rings. The molecular formula is C18H21NO4S. The third-order valence-electron chi connectivity index (χ3n) is 3.42. The van der Waals surface area contributed by atoms with Crippen molar-refractivity contribution >= 4 is 21.4 Å². The second-order valence-electron chi connectivity index (χ2n) is 5.45. The lowest BCUT2D eigenvalue weighted by Gasteiger charge is -2.10. The minimum Gasteiger partial charge on any atom is -0.494 e. The first kappa shape index (κ1) is 18.0. The molecular weight excluding hydrogens is 326 g/mol. The van der Waals surface area contributed by atoms with Gasteiger partial charge in [0.25, 0.3) is 5.91 Å². The first-order valence-corrected chi connectivity index (χ1v) is 9.64. The van der Waals surface area contributed by atoms with Crippen molar-refractivity contribution in [2.75, 3.05) is 18.2 Å². The zero-order valence-corrected chi connectivity index (χ0v) is 14.6. The third kappa shape index (κ3) is 4.83. The molecule has 0 aliphatic rings. The summed E-state index contributed by atoms with van der Waals surface area (Å²) in [5, 5.41) is 2.65. The predicted octanol–water partition coefficient (Wildman–Crippen LogP) is 3.52. The number of carbonyl (C=O) groups is 1. The summed E-state index contributed by atoms with van der Waals surface area (Å²) < 4.78 is 29.1. The molecule has 0 aliphatic heterocycles. The number of nitrogens with one attached hydrogen (secondary N) is 1. The standard InChI is InChI=1S/C18H21NO4S/c1-3-4-13-23-15-11-9-14(10-12-15)18(20)19-16-7-5-6-8-17(16)24(2,21)22/h5-12H,3-4,13H2,1-2H3,(H,19,20). The molecule has 0 heterocycles. The molecule has 128 valence electrons. The van der Waals surface area contributed by atoms with Gasteiger partial charge in [0, 0.05) is 11.8 Å². The summed E-state index contributed by atoms with van der Waals surface area (Å²) in [4.78, 5) is 12.4. The maximum atomic E-state index is 12.3. The normalized spacial score (nSPS) is 11.1. The average Bonchev–Trinajstić information content (AvgIpc) is 2.55. The Morgan fingerprint density at radius 3 is 2.38 bits per heavy atom. The molecule has 0 fully saturated rings. The number of hydrogen-bond donors (Lipinski definition) is 1. The van der Waals surface area contributed by atoms with Crippen LogP contribution in [0.3, 0.4) is 0 Å². The van der Waals surface area contributed by atoms with Crippen molar-refractivity contribution < 1.29 is 17.9 Å². The quantitative estimate of drug-likeness (QED) is 0.778. The van der Waals surface area contributed by atoms with E-state index in [0.29, 0.717) is 17.9 Å². The first-order chi connectivity index (χ1) is 11.4. The van der Waals surface area contributed by atoms with E-state index in [9.17, 15) is 13.2 Å². The van der Waals surface area contributed by atoms with Crippen molar-refractivity contribution in [1.82, 2.24) is 0 Å². The Bertz CT molecular complexity index is 798. The topological polar surface area (TPSA) is 72.5 Å². The summed E-state index contributed by atoms with van der Waals surface area (Å²) in [6.07, 6.45) is 3.14. The molecule has 1 amide bonds. The molecule has 5 nitrogen and oxygen atoms in total. The summed E-state index contributed by atoms with van der Waals surface area (Å²) in [6.45, 7) is 2.73. The third-order valence-corrected chi connectivity index (χ3v) is 4.57. The van der Waals surface area contributed by atoms with E-state index in [0.717, 1.165) is 19.1 Å². The van der Waals surface area contributed by atoms with Gasteiger partial charge < -0.3 is 10.1 Å². The van der Waals surface area contributed by atoms with Crippen LogP contribution in [0.4, 0.5) is 5.69 Å². The molecule has 0 atom stereocenters. The monoisotopic (exact) mass is 347 g/mol. The number of sulfone groups is 1. The Hall–Kier alpha value is -2.34. The van der Waals surface area contributed by atoms with Gasteiger partial charge in [-0.15, -0.1) is 0 Å². The molecule has 0 bridgehead atoms. The van der Waals surface area contributed by atoms with Crippen LogP contribution in [0.25, 0.3) is 0 Å². The minimum atomic E-state index is -3.42. The number of carbonyl (C=O) groups excluding carboxylic acids is 1. The van der Waals surface area contributed by atoms with E-state index in [2.05, 4.69) is 12.2 Å². The smallest absolute Gasteiger partial charge is 0.255 e. The van der Waals surface area contributed by atoms with Crippen molar-refractivity contribution in [3.8, 4) is 5.75 Å². The van der Waals surface area contributed by atoms with E-state index in [4.69, 9.17) is 4.74 Å². The van der Waals surface area contributed by atoms with Gasteiger partial charge in [0.15, 0.2) is 9.84 Å². The number of benzene rings is 2. The van der Waals surface area contributed by atoms with Crippen molar-refractivity contribution in [1.29, 1.82) is 0 Å². The minimum absolute atomic E-state index is 0.0952. The number of unbranched alkanes of at least 4 members (excludes halogenated alkanes) is 1. The molecule has 1 N–H and O–H groups in total. The lowest BCUT2D eigenvalue weighted by molar-refractivity contribution is 0.102. The zero-order chi connectivity index (χ0) is 17.6. The maximum absolute atomic E-state index is 12.3. The number of ether oxygens (including phenoxy) is 1. The van der Waals surface area contributed by atoms with E-state index < -0.39 is 9.84 Å². The highest BCUT2D eigenvalue weighted by Crippen LogP contribution is 2.22. The Morgan fingerprint density at radius 2 is 1.75 bits per heavy atom. The van der Waals surface area contributed by atoms with Gasteiger partial charge in [-0.05, 0) is 42.8 Å². The van der Waals surface area contributed by atoms with Crippen LogP contribution in [-0.2, 0) is 9.84 Å². The van der Waals surface area contributed by atoms with Crippen LogP contribution in [0, 0.1) is 0 Å². The largest absolute Gasteiger partial charge is 0.494 e. The van der Waals surface area contributed by atoms with Gasteiger partial charge in [0.1, 0.15) is 5.75 Å². The predicted molar refractivity (Wildman–Crippen MR) is 94.4 cm³/mol. The molecule has 0 radical (unpaired) electrons. The fourth-order valence-corrected chi connectivity index (χ4v) is 2.97. The second kappa shape index (κ2) is 7.97. The summed E-state index contributed by atoms with van der Waals surface area (Å²) >= 11 is 0. The first-order valence-electron chi connectivity index (χ1n) is 7.75. The molecule has 6 heteroatoms. The van der Waals surface area contributed by atoms with Crippen LogP contribution in [0.2, 0.25) is 0 Å². The second-order valence-corrected chi connectivity index (χ2v) is 7.43. The number of amides is 1. The zero-order valence-electron chi connectivity index (χ0n) is 13.8. The molecule has 0 saturated heterocycles. The van der Waals surface area contributed by atoms with Crippen molar-refractivity contribution in [2.24, 2.45) is 0 Å². The Kier molecular flexibility index (Phi) is 5.98. The van der Waals surface area contributed by atoms with Crippen molar-refractivity contribution in [3.63, 3.8) is 0 Å². The van der Waals surface area contributed by atoms with Crippen LogP contribution >= 0.6 is 0 Å². The molecule has 2 aromatic carbocycles. The van der Waals surface area contributed by atoms with Crippen LogP contribution in [-0.4, -0.2) is 27.2 Å². The molecule has 0 saturated carbocycles. The van der Waals surface area contributed by atoms with Crippen molar-refractivity contribution in [2.45, 2.75) is 24.7 Å². The number of rotatable bonds is 7. The fourth-order valence-electron chi connectivity index (χ4n) is 2.12. The van der Waals surface area contributed by atoms with E-state index in [1.54, 1.807) is 42.5 Å². The van der Waals surface area contributed by atoms with Gasteiger partial charge >= 0.3 is 0 Å². The van der Waals surface area contributed by atoms with Crippen LogP contribution in [0.15, 0.2) is 53.4 Å². The van der Waals surface area contributed by atoms with E-state index in [-0.39, 0.29) is 16.5 Å². The maximum Gasteiger partial charge on any atom is 0.255 e. The molecule has 0 aliphatic carbocycles.